The van der Waals surface area contributed by atoms with Crippen LogP contribution in [-0.2, 0) is 0 Å². The summed E-state index contributed by atoms with van der Waals surface area (Å²) < 4.78 is 47.3. The molecule has 56 heavy (non-hydrogen) atoms. The Morgan fingerprint density at radius 3 is 2.46 bits per heavy atom. The number of rotatable bonds is 11. The summed E-state index contributed by atoms with van der Waals surface area (Å²) in [5.41, 5.74) is 3.16. The van der Waals surface area contributed by atoms with Crippen LogP contribution in [0.5, 0.6) is 5.75 Å². The highest BCUT2D eigenvalue weighted by Gasteiger charge is 2.38. The van der Waals surface area contributed by atoms with Crippen molar-refractivity contribution in [1.29, 1.82) is 0 Å². The summed E-state index contributed by atoms with van der Waals surface area (Å²) in [6.07, 6.45) is 13.8. The van der Waals surface area contributed by atoms with Crippen LogP contribution in [0.25, 0.3) is 0 Å². The van der Waals surface area contributed by atoms with E-state index in [2.05, 4.69) is 37.6 Å². The van der Waals surface area contributed by atoms with E-state index in [1.165, 1.54) is 11.6 Å². The molecule has 0 radical (unpaired) electrons. The van der Waals surface area contributed by atoms with Crippen molar-refractivity contribution in [1.82, 2.24) is 24.7 Å². The van der Waals surface area contributed by atoms with E-state index in [0.29, 0.717) is 35.9 Å². The molecule has 8 rings (SSSR count). The van der Waals surface area contributed by atoms with E-state index in [-0.39, 0.29) is 18.3 Å². The zero-order chi connectivity index (χ0) is 38.6. The molecule has 2 saturated heterocycles. The highest BCUT2D eigenvalue weighted by Crippen LogP contribution is 2.43. The Morgan fingerprint density at radius 1 is 0.911 bits per heavy atom. The van der Waals surface area contributed by atoms with Crippen molar-refractivity contribution in [3.8, 4) is 5.75 Å². The van der Waals surface area contributed by atoms with Gasteiger partial charge in [-0.15, -0.1) is 0 Å². The van der Waals surface area contributed by atoms with Crippen LogP contribution in [0.1, 0.15) is 70.9 Å². The number of piperidine rings is 2. The second-order valence-corrected chi connectivity index (χ2v) is 14.6. The highest BCUT2D eigenvalue weighted by molar-refractivity contribution is 6.04. The second kappa shape index (κ2) is 16.7. The molecule has 1 amide bonds. The van der Waals surface area contributed by atoms with Gasteiger partial charge in [0.1, 0.15) is 47.7 Å². The van der Waals surface area contributed by atoms with Gasteiger partial charge in [-0.25, -0.2) is 23.1 Å². The lowest BCUT2D eigenvalue weighted by Crippen LogP contribution is -2.47. The molecule has 0 spiro atoms. The maximum Gasteiger partial charge on any atom is 0.255 e. The number of benzene rings is 3. The first kappa shape index (κ1) is 37.4. The Balaban J connectivity index is 0.974. The Hall–Kier alpha value is -5.53. The third kappa shape index (κ3) is 7.92. The number of likely N-dealkylation sites (tertiary alicyclic amines) is 2. The molecule has 3 aromatic carbocycles. The fourth-order valence-corrected chi connectivity index (χ4v) is 8.39. The summed E-state index contributed by atoms with van der Waals surface area (Å²) in [5.74, 6) is -0.0825. The number of aromatic nitrogens is 2. The second-order valence-electron chi connectivity index (χ2n) is 14.6. The van der Waals surface area contributed by atoms with Crippen LogP contribution in [0.15, 0.2) is 102 Å². The average molecular weight is 763 g/mol. The number of methoxy groups -OCH3 is 1. The number of ether oxygens (including phenoxy) is 1. The molecule has 2 atom stereocenters. The van der Waals surface area contributed by atoms with Gasteiger partial charge in [0.05, 0.1) is 18.5 Å². The Kier molecular flexibility index (Phi) is 11.1. The van der Waals surface area contributed by atoms with E-state index in [4.69, 9.17) is 14.7 Å². The van der Waals surface area contributed by atoms with Gasteiger partial charge in [-0.05, 0) is 124 Å². The molecule has 0 saturated carbocycles. The van der Waals surface area contributed by atoms with Gasteiger partial charge in [0.2, 0.25) is 5.95 Å². The molecule has 5 heterocycles. The number of fused-ring (bicyclic) bond motifs is 1. The summed E-state index contributed by atoms with van der Waals surface area (Å²) >= 11 is 0. The van der Waals surface area contributed by atoms with Crippen LogP contribution in [0.2, 0.25) is 0 Å². The van der Waals surface area contributed by atoms with Crippen molar-refractivity contribution in [2.75, 3.05) is 57.1 Å². The molecule has 2 fully saturated rings. The number of nitrogens with zero attached hydrogens (tertiary/aromatic N) is 6. The van der Waals surface area contributed by atoms with Crippen molar-refractivity contribution in [2.24, 2.45) is 4.99 Å². The first-order chi connectivity index (χ1) is 27.4. The molecule has 290 valence electrons. The fraction of sp³-hybridized carbons (Fsp3) is 0.349. The number of hydrogen-bond donors (Lipinski definition) is 2. The average Bonchev–Trinajstić information content (AvgIpc) is 3.63. The minimum absolute atomic E-state index is 0.234. The van der Waals surface area contributed by atoms with Crippen molar-refractivity contribution in [2.45, 2.75) is 49.7 Å². The van der Waals surface area contributed by atoms with Gasteiger partial charge in [-0.1, -0.05) is 30.3 Å². The largest absolute Gasteiger partial charge is 0.495 e. The van der Waals surface area contributed by atoms with E-state index >= 15 is 0 Å². The number of aliphatic imine (C=N–C) groups is 1. The van der Waals surface area contributed by atoms with E-state index in [9.17, 15) is 18.0 Å². The number of carbonyl (C=O) groups is 1. The topological polar surface area (TPSA) is 98.2 Å². The standard InChI is InChI=1S/C43H45F3N8O2/c1-56-37-27-29(28-14-23-53(24-15-28)32-16-21-52(22-17-32)25-18-44)11-12-35(37)48-43-47-19-13-36(49-43)41-39(50-38-10-2-3-20-54(38)41)30-6-4-7-31(26-30)42(55)51-40-33(45)8-5-9-34(40)46/h2-13,19-20,26-28,32,39,41H,14-18,21-25H2,1H3,(H,51,55)(H,47,48,49). The maximum absolute atomic E-state index is 14.3. The van der Waals surface area contributed by atoms with Crippen molar-refractivity contribution >= 4 is 29.1 Å². The van der Waals surface area contributed by atoms with Crippen LogP contribution in [-0.4, -0.2) is 89.0 Å². The number of halogens is 3. The normalized spacial score (nSPS) is 20.5. The lowest BCUT2D eigenvalue weighted by atomic mass is 9.87. The number of amides is 1. The van der Waals surface area contributed by atoms with Crippen LogP contribution >= 0.6 is 0 Å². The van der Waals surface area contributed by atoms with Gasteiger partial charge in [-0.2, -0.15) is 0 Å². The van der Waals surface area contributed by atoms with Crippen molar-refractivity contribution in [3.05, 3.63) is 131 Å². The predicted molar refractivity (Wildman–Crippen MR) is 211 cm³/mol. The first-order valence-electron chi connectivity index (χ1n) is 19.2. The number of amidine groups is 1. The Morgan fingerprint density at radius 2 is 1.70 bits per heavy atom. The smallest absolute Gasteiger partial charge is 0.255 e. The SMILES string of the molecule is COc1cc(C2CCN(C3CCN(CCF)CC3)CC2)ccc1Nc1nccc(C2C(c3cccc(C(=O)Nc4c(F)cccc4F)c3)N=C3C=CC=CN32)n1. The minimum Gasteiger partial charge on any atom is -0.495 e. The lowest BCUT2D eigenvalue weighted by molar-refractivity contribution is 0.0848. The van der Waals surface area contributed by atoms with Crippen molar-refractivity contribution < 1.29 is 22.7 Å². The summed E-state index contributed by atoms with van der Waals surface area (Å²) in [4.78, 5) is 34.6. The van der Waals surface area contributed by atoms with E-state index in [0.717, 1.165) is 81.1 Å². The minimum atomic E-state index is -0.856. The Bertz CT molecular complexity index is 2120. The van der Waals surface area contributed by atoms with Gasteiger partial charge < -0.3 is 30.1 Å². The number of nitrogens with one attached hydrogen (secondary N) is 2. The zero-order valence-corrected chi connectivity index (χ0v) is 31.3. The molecular formula is C43H45F3N8O2. The van der Waals surface area contributed by atoms with E-state index in [1.807, 2.05) is 47.5 Å². The molecule has 13 heteroatoms. The molecule has 0 bridgehead atoms. The van der Waals surface area contributed by atoms with Crippen LogP contribution in [0.4, 0.5) is 30.5 Å². The number of para-hydroxylation sites is 1. The number of anilines is 3. The van der Waals surface area contributed by atoms with Gasteiger partial charge in [0.15, 0.2) is 0 Å². The number of alkyl halides is 1. The van der Waals surface area contributed by atoms with E-state index in [1.54, 1.807) is 31.5 Å². The third-order valence-electron chi connectivity index (χ3n) is 11.4. The predicted octanol–water partition coefficient (Wildman–Crippen LogP) is 7.95. The summed E-state index contributed by atoms with van der Waals surface area (Å²) in [5, 5.41) is 5.75. The monoisotopic (exact) mass is 762 g/mol. The van der Waals surface area contributed by atoms with Gasteiger partial charge in [-0.3, -0.25) is 9.79 Å². The summed E-state index contributed by atoms with van der Waals surface area (Å²) in [7, 11) is 1.67. The van der Waals surface area contributed by atoms with Crippen LogP contribution in [0.3, 0.4) is 0 Å². The molecule has 2 N–H and O–H groups in total. The summed E-state index contributed by atoms with van der Waals surface area (Å²) in [6, 6.07) is 18.2. The fourth-order valence-electron chi connectivity index (χ4n) is 8.39. The molecular weight excluding hydrogens is 718 g/mol. The zero-order valence-electron chi connectivity index (χ0n) is 31.3. The van der Waals surface area contributed by atoms with Crippen molar-refractivity contribution in [3.63, 3.8) is 0 Å². The molecule has 4 aliphatic rings. The van der Waals surface area contributed by atoms with Gasteiger partial charge in [0, 0.05) is 30.5 Å². The van der Waals surface area contributed by atoms with E-state index < -0.39 is 29.3 Å². The highest BCUT2D eigenvalue weighted by atomic mass is 19.1. The number of carbonyl (C=O) groups excluding carboxylic acids is 1. The Labute approximate surface area is 324 Å². The quantitative estimate of drug-likeness (QED) is 0.159. The molecule has 4 aromatic rings. The summed E-state index contributed by atoms with van der Waals surface area (Å²) in [6.45, 7) is 4.35. The molecule has 2 unspecified atom stereocenters. The molecule has 0 aliphatic carbocycles. The molecule has 10 nitrogen and oxygen atoms in total. The maximum atomic E-state index is 14.3. The van der Waals surface area contributed by atoms with Gasteiger partial charge in [0.25, 0.3) is 5.91 Å². The first-order valence-corrected chi connectivity index (χ1v) is 19.2. The lowest BCUT2D eigenvalue weighted by Gasteiger charge is -2.41. The molecule has 1 aromatic heterocycles. The van der Waals surface area contributed by atoms with Crippen LogP contribution < -0.4 is 15.4 Å². The molecule has 4 aliphatic heterocycles. The third-order valence-corrected chi connectivity index (χ3v) is 11.4. The van der Waals surface area contributed by atoms with Crippen LogP contribution in [0, 0.1) is 11.6 Å². The number of allylic oxidation sites excluding steroid dienone is 2. The van der Waals surface area contributed by atoms with Gasteiger partial charge >= 0.3 is 0 Å². The number of hydrogen-bond acceptors (Lipinski definition) is 9.